The molecule has 0 heterocycles. The molecule has 0 aliphatic carbocycles. The minimum Gasteiger partial charge on any atom is -0.329 e. The highest BCUT2D eigenvalue weighted by Gasteiger charge is 2.30. The molecule has 122 valence electrons. The smallest absolute Gasteiger partial charge is 0.216 e. The van der Waals surface area contributed by atoms with E-state index >= 15 is 0 Å². The van der Waals surface area contributed by atoms with Crippen molar-refractivity contribution in [3.8, 4) is 0 Å². The lowest BCUT2D eigenvalue weighted by Crippen LogP contribution is -2.53. The van der Waals surface area contributed by atoms with Crippen LogP contribution in [-0.2, 0) is 15.8 Å². The normalized spacial score (nSPS) is 12.0. The van der Waals surface area contributed by atoms with Gasteiger partial charge in [-0.15, -0.1) is 12.4 Å². The molecule has 1 rings (SSSR count). The van der Waals surface area contributed by atoms with Gasteiger partial charge in [0.1, 0.15) is 0 Å². The molecule has 1 aromatic carbocycles. The summed E-state index contributed by atoms with van der Waals surface area (Å²) in [5, 5.41) is 0.684. The quantitative estimate of drug-likeness (QED) is 0.767. The maximum atomic E-state index is 12.3. The van der Waals surface area contributed by atoms with Crippen LogP contribution < -0.4 is 10.5 Å². The molecule has 8 heteroatoms. The molecule has 0 atom stereocenters. The second-order valence-electron chi connectivity index (χ2n) is 4.75. The maximum Gasteiger partial charge on any atom is 0.216 e. The van der Waals surface area contributed by atoms with Crippen molar-refractivity contribution in [2.75, 3.05) is 6.54 Å². The second-order valence-corrected chi connectivity index (χ2v) is 7.29. The van der Waals surface area contributed by atoms with E-state index in [1.165, 1.54) is 0 Å². The molecule has 0 amide bonds. The highest BCUT2D eigenvalue weighted by atomic mass is 35.5. The lowest BCUT2D eigenvalue weighted by atomic mass is 9.95. The molecule has 0 saturated heterocycles. The summed E-state index contributed by atoms with van der Waals surface area (Å²) < 4.78 is 27.3. The van der Waals surface area contributed by atoms with Crippen LogP contribution in [0.25, 0.3) is 0 Å². The molecule has 1 aromatic rings. The Bertz CT molecular complexity index is 532. The SMILES string of the molecule is CCC(CC)(CN)NS(=O)(=O)Cc1c(Cl)cccc1Cl.Cl. The third-order valence-corrected chi connectivity index (χ3v) is 5.63. The van der Waals surface area contributed by atoms with Crippen molar-refractivity contribution in [3.63, 3.8) is 0 Å². The lowest BCUT2D eigenvalue weighted by molar-refractivity contribution is 0.363. The Morgan fingerprint density at radius 3 is 2.05 bits per heavy atom. The van der Waals surface area contributed by atoms with Crippen molar-refractivity contribution in [2.45, 2.75) is 38.0 Å². The summed E-state index contributed by atoms with van der Waals surface area (Å²) in [4.78, 5) is 0. The third-order valence-electron chi connectivity index (χ3n) is 3.51. The highest BCUT2D eigenvalue weighted by Crippen LogP contribution is 2.27. The van der Waals surface area contributed by atoms with E-state index in [1.54, 1.807) is 18.2 Å². The van der Waals surface area contributed by atoms with Crippen LogP contribution in [0.1, 0.15) is 32.3 Å². The highest BCUT2D eigenvalue weighted by molar-refractivity contribution is 7.88. The molecular formula is C13H21Cl3N2O2S. The molecule has 0 radical (unpaired) electrons. The zero-order valence-corrected chi connectivity index (χ0v) is 15.2. The van der Waals surface area contributed by atoms with Gasteiger partial charge in [-0.1, -0.05) is 43.1 Å². The van der Waals surface area contributed by atoms with Crippen molar-refractivity contribution >= 4 is 45.6 Å². The predicted molar refractivity (Wildman–Crippen MR) is 91.8 cm³/mol. The number of nitrogens with one attached hydrogen (secondary N) is 1. The lowest BCUT2D eigenvalue weighted by Gasteiger charge is -2.31. The molecular weight excluding hydrogens is 355 g/mol. The van der Waals surface area contributed by atoms with E-state index in [0.717, 1.165) is 0 Å². The van der Waals surface area contributed by atoms with Crippen molar-refractivity contribution in [1.82, 2.24) is 4.72 Å². The third kappa shape index (κ3) is 5.58. The number of hydrogen-bond acceptors (Lipinski definition) is 3. The average molecular weight is 376 g/mol. The van der Waals surface area contributed by atoms with Gasteiger partial charge in [0.2, 0.25) is 10.0 Å². The number of hydrogen-bond donors (Lipinski definition) is 2. The maximum absolute atomic E-state index is 12.3. The van der Waals surface area contributed by atoms with E-state index in [4.69, 9.17) is 28.9 Å². The van der Waals surface area contributed by atoms with Crippen LogP contribution in [0.2, 0.25) is 10.0 Å². The first-order valence-electron chi connectivity index (χ1n) is 6.43. The van der Waals surface area contributed by atoms with Gasteiger partial charge in [-0.2, -0.15) is 0 Å². The van der Waals surface area contributed by atoms with Gasteiger partial charge in [-0.25, -0.2) is 13.1 Å². The first-order chi connectivity index (χ1) is 9.29. The van der Waals surface area contributed by atoms with Gasteiger partial charge in [-0.05, 0) is 25.0 Å². The van der Waals surface area contributed by atoms with Gasteiger partial charge in [0.25, 0.3) is 0 Å². The molecule has 4 nitrogen and oxygen atoms in total. The number of rotatable bonds is 7. The first kappa shape index (κ1) is 21.0. The van der Waals surface area contributed by atoms with Crippen molar-refractivity contribution in [2.24, 2.45) is 5.73 Å². The van der Waals surface area contributed by atoms with Crippen LogP contribution >= 0.6 is 35.6 Å². The van der Waals surface area contributed by atoms with E-state index in [1.807, 2.05) is 13.8 Å². The molecule has 0 aromatic heterocycles. The van der Waals surface area contributed by atoms with Gasteiger partial charge >= 0.3 is 0 Å². The number of nitrogens with two attached hydrogens (primary N) is 1. The molecule has 21 heavy (non-hydrogen) atoms. The standard InChI is InChI=1S/C13H20Cl2N2O2S.ClH/c1-3-13(4-2,9-16)17-20(18,19)8-10-11(14)6-5-7-12(10)15;/h5-7,17H,3-4,8-9,16H2,1-2H3;1H. The zero-order chi connectivity index (χ0) is 15.4. The Morgan fingerprint density at radius 2 is 1.67 bits per heavy atom. The van der Waals surface area contributed by atoms with Crippen molar-refractivity contribution in [1.29, 1.82) is 0 Å². The first-order valence-corrected chi connectivity index (χ1v) is 8.84. The molecule has 0 fully saturated rings. The largest absolute Gasteiger partial charge is 0.329 e. The number of benzene rings is 1. The minimum absolute atomic E-state index is 0. The average Bonchev–Trinajstić information content (AvgIpc) is 2.41. The molecule has 0 saturated carbocycles. The van der Waals surface area contributed by atoms with Gasteiger partial charge in [0, 0.05) is 27.7 Å². The number of sulfonamides is 1. The van der Waals surface area contributed by atoms with Gasteiger partial charge in [0.15, 0.2) is 0 Å². The van der Waals surface area contributed by atoms with Crippen LogP contribution in [0.5, 0.6) is 0 Å². The van der Waals surface area contributed by atoms with E-state index in [0.29, 0.717) is 28.5 Å². The van der Waals surface area contributed by atoms with Crippen LogP contribution in [0, 0.1) is 0 Å². The topological polar surface area (TPSA) is 72.2 Å². The van der Waals surface area contributed by atoms with Gasteiger partial charge in [0.05, 0.1) is 5.75 Å². The summed E-state index contributed by atoms with van der Waals surface area (Å²) in [5.41, 5.74) is 5.50. The Labute approximate surface area is 142 Å². The summed E-state index contributed by atoms with van der Waals surface area (Å²) in [5.74, 6) is -0.257. The van der Waals surface area contributed by atoms with Crippen LogP contribution in [0.3, 0.4) is 0 Å². The Kier molecular flexibility index (Phi) is 8.54. The molecule has 3 N–H and O–H groups in total. The predicted octanol–water partition coefficient (Wildman–Crippen LogP) is 3.35. The summed E-state index contributed by atoms with van der Waals surface area (Å²) in [7, 11) is -3.57. The van der Waals surface area contributed by atoms with Gasteiger partial charge in [-0.3, -0.25) is 0 Å². The van der Waals surface area contributed by atoms with E-state index in [2.05, 4.69) is 4.72 Å². The fourth-order valence-electron chi connectivity index (χ4n) is 1.95. The summed E-state index contributed by atoms with van der Waals surface area (Å²) >= 11 is 12.0. The summed E-state index contributed by atoms with van der Waals surface area (Å²) in [6.45, 7) is 4.05. The second kappa shape index (κ2) is 8.56. The summed E-state index contributed by atoms with van der Waals surface area (Å²) in [6.07, 6.45) is 1.24. The van der Waals surface area contributed by atoms with Gasteiger partial charge < -0.3 is 5.73 Å². The fraction of sp³-hybridized carbons (Fsp3) is 0.538. The van der Waals surface area contributed by atoms with E-state index in [-0.39, 0.29) is 24.7 Å². The molecule has 0 bridgehead atoms. The Balaban J connectivity index is 0.00000400. The van der Waals surface area contributed by atoms with Crippen LogP contribution in [-0.4, -0.2) is 20.5 Å². The van der Waals surface area contributed by atoms with Crippen molar-refractivity contribution in [3.05, 3.63) is 33.8 Å². The van der Waals surface area contributed by atoms with E-state index < -0.39 is 15.6 Å². The van der Waals surface area contributed by atoms with Crippen molar-refractivity contribution < 1.29 is 8.42 Å². The zero-order valence-electron chi connectivity index (χ0n) is 12.0. The Hall–Kier alpha value is -0.0400. The summed E-state index contributed by atoms with van der Waals surface area (Å²) in [6, 6.07) is 4.92. The fourth-order valence-corrected chi connectivity index (χ4v) is 4.44. The minimum atomic E-state index is -3.57. The molecule has 0 spiro atoms. The monoisotopic (exact) mass is 374 g/mol. The van der Waals surface area contributed by atoms with E-state index in [9.17, 15) is 8.42 Å². The molecule has 0 aliphatic rings. The molecule has 0 unspecified atom stereocenters. The Morgan fingerprint density at radius 1 is 1.19 bits per heavy atom. The number of halogens is 3. The van der Waals surface area contributed by atoms with Crippen LogP contribution in [0.15, 0.2) is 18.2 Å². The van der Waals surface area contributed by atoms with Crippen LogP contribution in [0.4, 0.5) is 0 Å². The molecule has 0 aliphatic heterocycles.